The van der Waals surface area contributed by atoms with Crippen LogP contribution in [0.2, 0.25) is 0 Å². The highest BCUT2D eigenvalue weighted by molar-refractivity contribution is 7.92. The van der Waals surface area contributed by atoms with Crippen LogP contribution in [0.5, 0.6) is 0 Å². The molecule has 4 rings (SSSR count). The number of pyridine rings is 1. The van der Waals surface area contributed by atoms with E-state index in [0.717, 1.165) is 24.0 Å². The van der Waals surface area contributed by atoms with Gasteiger partial charge in [-0.2, -0.15) is 0 Å². The molecule has 0 saturated heterocycles. The van der Waals surface area contributed by atoms with Gasteiger partial charge in [0.15, 0.2) is 15.0 Å². The van der Waals surface area contributed by atoms with Gasteiger partial charge >= 0.3 is 0 Å². The summed E-state index contributed by atoms with van der Waals surface area (Å²) >= 11 is 1.26. The molecular weight excluding hydrogens is 458 g/mol. The first-order chi connectivity index (χ1) is 15.8. The summed E-state index contributed by atoms with van der Waals surface area (Å²) < 4.78 is 27.2. The van der Waals surface area contributed by atoms with Gasteiger partial charge in [-0.25, -0.2) is 13.4 Å². The minimum Gasteiger partial charge on any atom is -0.326 e. The number of carbonyl (C=O) groups is 1. The second-order valence-electron chi connectivity index (χ2n) is 8.58. The highest BCUT2D eigenvalue weighted by Gasteiger charge is 2.37. The van der Waals surface area contributed by atoms with Gasteiger partial charge in [0.25, 0.3) is 5.56 Å². The smallest absolute Gasteiger partial charge is 0.253 e. The second kappa shape index (κ2) is 9.61. The molecular formula is C24H27N3O4S2. The van der Waals surface area contributed by atoms with Crippen LogP contribution in [0, 0.1) is 13.8 Å². The third kappa shape index (κ3) is 5.09. The predicted octanol–water partition coefficient (Wildman–Crippen LogP) is 4.13. The highest BCUT2D eigenvalue weighted by atomic mass is 32.2. The summed E-state index contributed by atoms with van der Waals surface area (Å²) in [5.74, 6) is -1.45. The normalized spacial score (nSPS) is 15.5. The van der Waals surface area contributed by atoms with Gasteiger partial charge < -0.3 is 10.3 Å². The van der Waals surface area contributed by atoms with Crippen molar-refractivity contribution in [2.24, 2.45) is 0 Å². The number of rotatable bonds is 7. The second-order valence-corrected chi connectivity index (χ2v) is 11.7. The van der Waals surface area contributed by atoms with Crippen molar-refractivity contribution in [3.63, 3.8) is 0 Å². The molecule has 33 heavy (non-hydrogen) atoms. The van der Waals surface area contributed by atoms with Crippen molar-refractivity contribution < 1.29 is 13.2 Å². The maximum absolute atomic E-state index is 13.6. The van der Waals surface area contributed by atoms with E-state index in [1.54, 1.807) is 18.5 Å². The number of thiazole rings is 1. The fourth-order valence-corrected chi connectivity index (χ4v) is 7.10. The van der Waals surface area contributed by atoms with Crippen LogP contribution in [0.4, 0.5) is 5.13 Å². The lowest BCUT2D eigenvalue weighted by molar-refractivity contribution is -0.117. The van der Waals surface area contributed by atoms with Crippen molar-refractivity contribution in [2.45, 2.75) is 62.0 Å². The molecule has 3 aromatic rings. The first-order valence-electron chi connectivity index (χ1n) is 11.0. The highest BCUT2D eigenvalue weighted by Crippen LogP contribution is 2.34. The number of H-pyrrole nitrogens is 1. The van der Waals surface area contributed by atoms with E-state index < -0.39 is 32.5 Å². The maximum atomic E-state index is 13.6. The Bertz CT molecular complexity index is 1290. The molecule has 1 amide bonds. The summed E-state index contributed by atoms with van der Waals surface area (Å²) in [6.07, 6.45) is 4.60. The Morgan fingerprint density at radius 1 is 1.21 bits per heavy atom. The van der Waals surface area contributed by atoms with Gasteiger partial charge in [-0.1, -0.05) is 42.7 Å². The number of hydrogen-bond acceptors (Lipinski definition) is 6. The molecule has 174 valence electrons. The van der Waals surface area contributed by atoms with Gasteiger partial charge in [0.05, 0.1) is 16.1 Å². The fourth-order valence-electron chi connectivity index (χ4n) is 4.38. The molecule has 7 nitrogen and oxygen atoms in total. The lowest BCUT2D eigenvalue weighted by Gasteiger charge is -2.21. The minimum absolute atomic E-state index is 0.00197. The number of sulfone groups is 1. The van der Waals surface area contributed by atoms with Crippen LogP contribution >= 0.6 is 11.3 Å². The number of aromatic nitrogens is 2. The lowest BCUT2D eigenvalue weighted by Crippen LogP contribution is -2.32. The minimum atomic E-state index is -3.77. The quantitative estimate of drug-likeness (QED) is 0.523. The summed E-state index contributed by atoms with van der Waals surface area (Å²) in [5, 5.41) is 4.37. The van der Waals surface area contributed by atoms with Gasteiger partial charge in [0.2, 0.25) is 5.91 Å². The predicted molar refractivity (Wildman–Crippen MR) is 130 cm³/mol. The Morgan fingerprint density at radius 2 is 1.91 bits per heavy atom. The summed E-state index contributed by atoms with van der Waals surface area (Å²) in [4.78, 5) is 33.4. The van der Waals surface area contributed by atoms with Crippen LogP contribution in [0.1, 0.15) is 54.0 Å². The Hall–Kier alpha value is -2.78. The molecule has 0 bridgehead atoms. The number of hydrogen-bond donors (Lipinski definition) is 2. The summed E-state index contributed by atoms with van der Waals surface area (Å²) in [6.45, 7) is 3.62. The lowest BCUT2D eigenvalue weighted by atomic mass is 9.91. The number of benzene rings is 1. The first-order valence-corrected chi connectivity index (χ1v) is 13.4. The van der Waals surface area contributed by atoms with E-state index in [1.807, 2.05) is 31.2 Å². The molecule has 1 saturated carbocycles. The van der Waals surface area contributed by atoms with Crippen molar-refractivity contribution in [2.75, 3.05) is 5.32 Å². The van der Waals surface area contributed by atoms with Crippen molar-refractivity contribution in [1.29, 1.82) is 0 Å². The molecule has 1 atom stereocenters. The average molecular weight is 486 g/mol. The Balaban J connectivity index is 1.84. The summed E-state index contributed by atoms with van der Waals surface area (Å²) in [7, 11) is -3.77. The average Bonchev–Trinajstić information content (AvgIpc) is 3.48. The number of nitrogens with zero attached hydrogens (tertiary/aromatic N) is 1. The molecule has 9 heteroatoms. The summed E-state index contributed by atoms with van der Waals surface area (Å²) in [6, 6.07) is 9.16. The van der Waals surface area contributed by atoms with Gasteiger partial charge in [0, 0.05) is 22.8 Å². The van der Waals surface area contributed by atoms with Gasteiger partial charge in [-0.3, -0.25) is 9.59 Å². The van der Waals surface area contributed by atoms with Gasteiger partial charge in [0.1, 0.15) is 0 Å². The third-order valence-electron chi connectivity index (χ3n) is 6.10. The zero-order chi connectivity index (χ0) is 23.6. The van der Waals surface area contributed by atoms with Crippen LogP contribution in [0.25, 0.3) is 0 Å². The SMILES string of the molecule is Cc1ccc(CC(C(=O)Nc2nccs2)c2c(S(=O)(=O)C3CCCC3)cc(C)[nH]c2=O)cc1. The number of anilines is 1. The zero-order valence-electron chi connectivity index (χ0n) is 18.6. The van der Waals surface area contributed by atoms with Gasteiger partial charge in [-0.05, 0) is 44.7 Å². The van der Waals surface area contributed by atoms with Crippen molar-refractivity contribution in [3.05, 3.63) is 74.6 Å². The largest absolute Gasteiger partial charge is 0.326 e. The van der Waals surface area contributed by atoms with E-state index in [2.05, 4.69) is 15.3 Å². The Labute approximate surface area is 197 Å². The number of nitrogens with one attached hydrogen (secondary N) is 2. The Kier molecular flexibility index (Phi) is 6.81. The van der Waals surface area contributed by atoms with E-state index in [1.165, 1.54) is 17.4 Å². The number of amides is 1. The van der Waals surface area contributed by atoms with E-state index in [0.29, 0.717) is 23.7 Å². The molecule has 2 heterocycles. The molecule has 2 aromatic heterocycles. The van der Waals surface area contributed by atoms with Crippen molar-refractivity contribution in [3.8, 4) is 0 Å². The van der Waals surface area contributed by atoms with Crippen molar-refractivity contribution >= 4 is 32.2 Å². The molecule has 1 aromatic carbocycles. The van der Waals surface area contributed by atoms with Crippen LogP contribution in [-0.2, 0) is 21.1 Å². The monoisotopic (exact) mass is 485 g/mol. The van der Waals surface area contributed by atoms with Crippen LogP contribution in [0.15, 0.2) is 51.6 Å². The number of carbonyl (C=O) groups excluding carboxylic acids is 1. The van der Waals surface area contributed by atoms with E-state index in [-0.39, 0.29) is 16.9 Å². The van der Waals surface area contributed by atoms with Crippen molar-refractivity contribution in [1.82, 2.24) is 9.97 Å². The number of aryl methyl sites for hydroxylation is 2. The molecule has 0 spiro atoms. The van der Waals surface area contributed by atoms with Crippen LogP contribution in [0.3, 0.4) is 0 Å². The topological polar surface area (TPSA) is 109 Å². The molecule has 0 radical (unpaired) electrons. The maximum Gasteiger partial charge on any atom is 0.253 e. The standard InChI is InChI=1S/C24H27N3O4S2/c1-15-7-9-17(10-8-15)14-19(22(28)27-24-25-11-12-32-24)21-20(13-16(2)26-23(21)29)33(30,31)18-5-3-4-6-18/h7-13,18-19H,3-6,14H2,1-2H3,(H,26,29)(H,25,27,28). The van der Waals surface area contributed by atoms with E-state index in [4.69, 9.17) is 0 Å². The summed E-state index contributed by atoms with van der Waals surface area (Å²) in [5.41, 5.74) is 1.82. The third-order valence-corrected chi connectivity index (χ3v) is 9.09. The fraction of sp³-hybridized carbons (Fsp3) is 0.375. The number of aromatic amines is 1. The molecule has 0 aliphatic heterocycles. The molecule has 1 unspecified atom stereocenters. The van der Waals surface area contributed by atoms with Crippen LogP contribution < -0.4 is 10.9 Å². The Morgan fingerprint density at radius 3 is 2.55 bits per heavy atom. The molecule has 1 aliphatic rings. The molecule has 1 fully saturated rings. The van der Waals surface area contributed by atoms with E-state index in [9.17, 15) is 18.0 Å². The van der Waals surface area contributed by atoms with E-state index >= 15 is 0 Å². The molecule has 1 aliphatic carbocycles. The first kappa shape index (κ1) is 23.4. The molecule has 2 N–H and O–H groups in total. The van der Waals surface area contributed by atoms with Gasteiger partial charge in [-0.15, -0.1) is 11.3 Å². The van der Waals surface area contributed by atoms with Crippen LogP contribution in [-0.4, -0.2) is 29.5 Å². The zero-order valence-corrected chi connectivity index (χ0v) is 20.3.